The molecule has 0 aromatic heterocycles. The summed E-state index contributed by atoms with van der Waals surface area (Å²) in [4.78, 5) is 19.2. The summed E-state index contributed by atoms with van der Waals surface area (Å²) in [6, 6.07) is 9.46. The van der Waals surface area contributed by atoms with Crippen LogP contribution in [-0.2, 0) is 14.6 Å². The van der Waals surface area contributed by atoms with Crippen LogP contribution in [0.4, 0.5) is 0 Å². The van der Waals surface area contributed by atoms with Crippen molar-refractivity contribution in [3.63, 3.8) is 0 Å². The van der Waals surface area contributed by atoms with Gasteiger partial charge in [0.05, 0.1) is 7.11 Å². The molecule has 1 aromatic carbocycles. The van der Waals surface area contributed by atoms with Crippen molar-refractivity contribution in [3.05, 3.63) is 42.0 Å². The third-order valence-corrected chi connectivity index (χ3v) is 1.38. The Morgan fingerprint density at radius 3 is 2.57 bits per heavy atom. The Morgan fingerprint density at radius 1 is 1.36 bits per heavy atom. The summed E-state index contributed by atoms with van der Waals surface area (Å²) >= 11 is 0. The van der Waals surface area contributed by atoms with Gasteiger partial charge in [0.1, 0.15) is 0 Å². The largest absolute Gasteiger partial charge is 1.00 e. The maximum Gasteiger partial charge on any atom is 1.00 e. The van der Waals surface area contributed by atoms with Crippen molar-refractivity contribution in [2.75, 3.05) is 7.11 Å². The summed E-state index contributed by atoms with van der Waals surface area (Å²) in [5, 5.41) is 0. The van der Waals surface area contributed by atoms with E-state index in [0.717, 1.165) is 5.56 Å². The first kappa shape index (κ1) is 13.4. The van der Waals surface area contributed by atoms with Gasteiger partial charge in [0.25, 0.3) is 0 Å². The molecule has 0 aliphatic rings. The van der Waals surface area contributed by atoms with Crippen molar-refractivity contribution in [2.45, 2.75) is 0 Å². The molecule has 0 heterocycles. The maximum absolute atomic E-state index is 10.8. The zero-order chi connectivity index (χ0) is 9.52. The Bertz CT molecular complexity index is 301. The quantitative estimate of drug-likeness (QED) is 0.271. The molecule has 0 fully saturated rings. The van der Waals surface area contributed by atoms with Gasteiger partial charge in [0.15, 0.2) is 0 Å². The summed E-state index contributed by atoms with van der Waals surface area (Å²) in [5.41, 5.74) is 0.940. The van der Waals surface area contributed by atoms with Crippen LogP contribution in [0.2, 0.25) is 0 Å². The van der Waals surface area contributed by atoms with Gasteiger partial charge < -0.3 is 1.43 Å². The minimum Gasteiger partial charge on any atom is -1.00 e. The molecule has 0 amide bonds. The van der Waals surface area contributed by atoms with Gasteiger partial charge in [-0.2, -0.15) is 4.89 Å². The number of hydrogen-bond donors (Lipinski definition) is 0. The van der Waals surface area contributed by atoms with E-state index in [0.29, 0.717) is 0 Å². The smallest absolute Gasteiger partial charge is 1.00 e. The Labute approximate surface area is 106 Å². The van der Waals surface area contributed by atoms with Crippen LogP contribution in [-0.4, -0.2) is 13.1 Å². The molecule has 0 saturated heterocycles. The first-order valence-corrected chi connectivity index (χ1v) is 3.80. The minimum absolute atomic E-state index is 0. The Hall–Kier alpha value is -0.610. The first-order valence-electron chi connectivity index (χ1n) is 3.80. The van der Waals surface area contributed by atoms with E-state index >= 15 is 0 Å². The number of hydrogen-bond acceptors (Lipinski definition) is 3. The van der Waals surface area contributed by atoms with E-state index in [-0.39, 0.29) is 31.0 Å². The molecule has 4 heteroatoms. The molecule has 3 nitrogen and oxygen atoms in total. The molecule has 0 aliphatic heterocycles. The maximum atomic E-state index is 10.8. The third kappa shape index (κ3) is 5.19. The van der Waals surface area contributed by atoms with Gasteiger partial charge in [-0.1, -0.05) is 30.3 Å². The fourth-order valence-corrected chi connectivity index (χ4v) is 0.838. The van der Waals surface area contributed by atoms with E-state index in [2.05, 4.69) is 9.78 Å². The molecule has 1 rings (SSSR count). The van der Waals surface area contributed by atoms with E-state index in [1.54, 1.807) is 6.08 Å². The number of carbonyl (C=O) groups excluding carboxylic acids is 1. The standard InChI is InChI=1S/C10H10O3.Na.H/c1-12-13-10(11)8-7-9-5-3-2-4-6-9;;/h2-8H,1H3;;/q;+1;-1. The Balaban J connectivity index is 0. The zero-order valence-electron chi connectivity index (χ0n) is 9.27. The SMILES string of the molecule is COOC(=O)C=Cc1ccccc1.[H-].[Na+]. The molecule has 0 unspecified atom stereocenters. The predicted molar refractivity (Wildman–Crippen MR) is 49.7 cm³/mol. The van der Waals surface area contributed by atoms with E-state index in [9.17, 15) is 4.79 Å². The van der Waals surface area contributed by atoms with Crippen LogP contribution in [0.15, 0.2) is 36.4 Å². The van der Waals surface area contributed by atoms with Gasteiger partial charge in [0.2, 0.25) is 0 Å². The van der Waals surface area contributed by atoms with Crippen molar-refractivity contribution in [3.8, 4) is 0 Å². The molecule has 1 aromatic rings. The van der Waals surface area contributed by atoms with Crippen molar-refractivity contribution < 1.29 is 45.6 Å². The van der Waals surface area contributed by atoms with E-state index in [4.69, 9.17) is 0 Å². The molecule has 0 N–H and O–H groups in total. The van der Waals surface area contributed by atoms with Crippen LogP contribution >= 0.6 is 0 Å². The summed E-state index contributed by atoms with van der Waals surface area (Å²) in [7, 11) is 1.29. The summed E-state index contributed by atoms with van der Waals surface area (Å²) in [6.07, 6.45) is 2.96. The predicted octanol–water partition coefficient (Wildman–Crippen LogP) is -1.08. The number of rotatable bonds is 3. The van der Waals surface area contributed by atoms with Crippen molar-refractivity contribution in [1.29, 1.82) is 0 Å². The van der Waals surface area contributed by atoms with Crippen molar-refractivity contribution in [2.24, 2.45) is 0 Å². The molecular weight excluding hydrogens is 191 g/mol. The van der Waals surface area contributed by atoms with Crippen molar-refractivity contribution in [1.82, 2.24) is 0 Å². The molecule has 0 bridgehead atoms. The van der Waals surface area contributed by atoms with Crippen LogP contribution in [0.1, 0.15) is 6.99 Å². The molecular formula is C10H11NaO3. The topological polar surface area (TPSA) is 35.5 Å². The normalized spacial score (nSPS) is 9.50. The first-order chi connectivity index (χ1) is 6.33. The molecule has 0 saturated carbocycles. The van der Waals surface area contributed by atoms with Crippen LogP contribution in [0, 0.1) is 0 Å². The van der Waals surface area contributed by atoms with Gasteiger partial charge >= 0.3 is 35.5 Å². The molecule has 70 valence electrons. The van der Waals surface area contributed by atoms with Gasteiger partial charge in [0, 0.05) is 6.08 Å². The third-order valence-electron chi connectivity index (χ3n) is 1.38. The number of benzene rings is 1. The van der Waals surface area contributed by atoms with E-state index in [1.165, 1.54) is 13.2 Å². The fraction of sp³-hybridized carbons (Fsp3) is 0.100. The van der Waals surface area contributed by atoms with E-state index in [1.807, 2.05) is 30.3 Å². The summed E-state index contributed by atoms with van der Waals surface area (Å²) in [6.45, 7) is 0. The molecule has 0 spiro atoms. The number of carbonyl (C=O) groups is 1. The molecule has 0 aliphatic carbocycles. The second-order valence-corrected chi connectivity index (χ2v) is 2.31. The second kappa shape index (κ2) is 7.76. The Morgan fingerprint density at radius 2 is 2.00 bits per heavy atom. The van der Waals surface area contributed by atoms with Crippen molar-refractivity contribution >= 4 is 12.0 Å². The monoisotopic (exact) mass is 202 g/mol. The van der Waals surface area contributed by atoms with Gasteiger partial charge in [-0.05, 0) is 11.6 Å². The molecule has 14 heavy (non-hydrogen) atoms. The van der Waals surface area contributed by atoms with Gasteiger partial charge in [-0.15, -0.1) is 0 Å². The average molecular weight is 202 g/mol. The fourth-order valence-electron chi connectivity index (χ4n) is 0.838. The van der Waals surface area contributed by atoms with Crippen LogP contribution in [0.3, 0.4) is 0 Å². The average Bonchev–Trinajstić information content (AvgIpc) is 2.17. The van der Waals surface area contributed by atoms with E-state index < -0.39 is 5.97 Å². The molecule has 0 radical (unpaired) electrons. The summed E-state index contributed by atoms with van der Waals surface area (Å²) < 4.78 is 0. The van der Waals surface area contributed by atoms with Crippen LogP contribution in [0.5, 0.6) is 0 Å². The van der Waals surface area contributed by atoms with Crippen LogP contribution in [0.25, 0.3) is 6.08 Å². The van der Waals surface area contributed by atoms with Gasteiger partial charge in [-0.25, -0.2) is 4.79 Å². The zero-order valence-corrected chi connectivity index (χ0v) is 10.3. The minimum atomic E-state index is -0.522. The summed E-state index contributed by atoms with van der Waals surface area (Å²) in [5.74, 6) is -0.522. The second-order valence-electron chi connectivity index (χ2n) is 2.31. The van der Waals surface area contributed by atoms with Crippen LogP contribution < -0.4 is 29.6 Å². The molecule has 0 atom stereocenters. The van der Waals surface area contributed by atoms with Gasteiger partial charge in [-0.3, -0.25) is 4.89 Å². The Kier molecular flexibility index (Phi) is 7.42.